The molecule has 14 atom stereocenters. The number of hydrogen-bond donors (Lipinski definition) is 20. The number of guanidine groups is 1. The highest BCUT2D eigenvalue weighted by Crippen LogP contribution is 2.17. The fourth-order valence-corrected chi connectivity index (χ4v) is 12.1. The maximum atomic E-state index is 14.7. The van der Waals surface area contributed by atoms with E-state index in [0.29, 0.717) is 29.5 Å². The van der Waals surface area contributed by atoms with E-state index in [0.717, 1.165) is 0 Å². The predicted molar refractivity (Wildman–Crippen MR) is 431 cm³/mol. The summed E-state index contributed by atoms with van der Waals surface area (Å²) in [5.74, 6) is -14.7. The van der Waals surface area contributed by atoms with Crippen LogP contribution in [0.2, 0.25) is 0 Å². The summed E-state index contributed by atoms with van der Waals surface area (Å²) in [6.07, 6.45) is 4.36. The number of aliphatic hydroxyl groups excluding tert-OH is 1. The zero-order valence-electron chi connectivity index (χ0n) is 67.0. The number of benzene rings is 3. The topological polar surface area (TPSA) is 604 Å². The first-order chi connectivity index (χ1) is 55.2. The summed E-state index contributed by atoms with van der Waals surface area (Å²) in [7, 11) is 0. The molecule has 3 aromatic carbocycles. The van der Waals surface area contributed by atoms with Crippen molar-refractivity contribution in [1.29, 1.82) is 0 Å². The van der Waals surface area contributed by atoms with Crippen LogP contribution in [0.15, 0.2) is 96.0 Å². The molecule has 0 heterocycles. The molecule has 638 valence electrons. The maximum Gasteiger partial charge on any atom is 0.326 e. The summed E-state index contributed by atoms with van der Waals surface area (Å²) in [6.45, 7) is 9.27. The predicted octanol–water partition coefficient (Wildman–Crippen LogP) is -1.79. The van der Waals surface area contributed by atoms with Crippen LogP contribution < -0.4 is 92.5 Å². The average molecular weight is 1620 g/mol. The molecule has 0 bridgehead atoms. The van der Waals surface area contributed by atoms with E-state index >= 15 is 0 Å². The smallest absolute Gasteiger partial charge is 0.326 e. The van der Waals surface area contributed by atoms with Gasteiger partial charge in [0.25, 0.3) is 0 Å². The quantitative estimate of drug-likeness (QED) is 0.0128. The number of aliphatic hydroxyl groups is 1. The number of aliphatic imine (C=N–C) groups is 1. The van der Waals surface area contributed by atoms with Crippen LogP contribution in [0.3, 0.4) is 0 Å². The molecule has 0 fully saturated rings. The van der Waals surface area contributed by atoms with Gasteiger partial charge in [0.2, 0.25) is 76.8 Å². The Balaban J connectivity index is 1.98. The molecular weight excluding hydrogens is 1500 g/mol. The Morgan fingerprint density at radius 1 is 0.414 bits per heavy atom. The standard InChI is InChI=1S/C80H120N18O18/c1-8-11-35-64(101)87-57(42-50-26-15-12-16-27-50)72(108)92-58(43-51-28-17-13-18-29-51)73(109)90-55(34-25-40-86-80(84)85)68(104)88-54(33-22-24-39-82)70(106)96-62(46-99)76(112)97-67(49(7)10-3)78(114)98-66(48(6)9-2)77(113)94-60(45-63(83)100)75(111)93-59(44-52-30-19-14-20-31-52)74(110)91-56(36-37-65(102)103)71(107)89-53(32-21-23-38-81)69(105)95-61(79(115)116)41-47(4)5/h1,12-20,26-31,47-49,53-62,66-67,99H,9-11,21-25,32-46,81-82H2,2-7H3,(H2,83,100)(H,87,101)(H,88,104)(H,89,107)(H,90,109)(H,91,110)(H,92,108)(H,93,111)(H,94,113)(H,95,105)(H,96,106)(H,97,112)(H,98,114)(H,102,103)(H,115,116)(H4,84,85,86)/t48-,49-,53-,54-,55-,56-,57-,58-,59-,60-,61-,62-,66-,67-/m0/s1. The molecule has 25 N–H and O–H groups in total. The molecule has 0 aromatic heterocycles. The van der Waals surface area contributed by atoms with Gasteiger partial charge in [0, 0.05) is 45.1 Å². The minimum Gasteiger partial charge on any atom is -0.481 e. The molecule has 3 rings (SSSR count). The van der Waals surface area contributed by atoms with Crippen molar-refractivity contribution in [2.24, 2.45) is 51.4 Å². The first kappa shape index (κ1) is 98.6. The zero-order chi connectivity index (χ0) is 86.4. The molecule has 3 aromatic rings. The summed E-state index contributed by atoms with van der Waals surface area (Å²) in [4.78, 5) is 213. The second kappa shape index (κ2) is 53.5. The molecule has 0 radical (unpaired) electrons. The number of rotatable bonds is 56. The Kier molecular flexibility index (Phi) is 45.5. The van der Waals surface area contributed by atoms with Gasteiger partial charge in [0.05, 0.1) is 13.0 Å². The Labute approximate surface area is 676 Å². The highest BCUT2D eigenvalue weighted by molar-refractivity contribution is 6.01. The molecule has 0 unspecified atom stereocenters. The van der Waals surface area contributed by atoms with Crippen LogP contribution in [0.25, 0.3) is 0 Å². The minimum absolute atomic E-state index is 0.0163. The van der Waals surface area contributed by atoms with Gasteiger partial charge in [0.1, 0.15) is 72.5 Å². The van der Waals surface area contributed by atoms with Gasteiger partial charge >= 0.3 is 11.9 Å². The van der Waals surface area contributed by atoms with E-state index in [9.17, 15) is 87.2 Å². The molecule has 116 heavy (non-hydrogen) atoms. The third-order valence-corrected chi connectivity index (χ3v) is 19.0. The van der Waals surface area contributed by atoms with E-state index in [4.69, 9.17) is 35.1 Å². The summed E-state index contributed by atoms with van der Waals surface area (Å²) in [6, 6.07) is 7.12. The zero-order valence-corrected chi connectivity index (χ0v) is 67.0. The molecule has 36 nitrogen and oxygen atoms in total. The van der Waals surface area contributed by atoms with Crippen molar-refractivity contribution >= 4 is 94.7 Å². The number of primary amides is 1. The summed E-state index contributed by atoms with van der Waals surface area (Å²) in [5, 5.41) is 61.4. The van der Waals surface area contributed by atoms with Crippen LogP contribution >= 0.6 is 0 Å². The van der Waals surface area contributed by atoms with Gasteiger partial charge < -0.3 is 108 Å². The van der Waals surface area contributed by atoms with Gasteiger partial charge in [-0.3, -0.25) is 72.1 Å². The van der Waals surface area contributed by atoms with Crippen molar-refractivity contribution in [1.82, 2.24) is 63.8 Å². The third kappa shape index (κ3) is 37.1. The minimum atomic E-state index is -1.88. The van der Waals surface area contributed by atoms with Gasteiger partial charge in [-0.2, -0.15) is 0 Å². The van der Waals surface area contributed by atoms with Crippen LogP contribution in [0, 0.1) is 30.1 Å². The number of amides is 13. The number of carboxylic acid groups (broad SMARTS) is 2. The average Bonchev–Trinajstić information content (AvgIpc) is 0.833. The van der Waals surface area contributed by atoms with Crippen molar-refractivity contribution < 1.29 is 87.2 Å². The van der Waals surface area contributed by atoms with E-state index in [-0.39, 0.29) is 121 Å². The van der Waals surface area contributed by atoms with Crippen LogP contribution in [0.1, 0.15) is 161 Å². The van der Waals surface area contributed by atoms with E-state index in [1.165, 1.54) is 0 Å². The Bertz CT molecular complexity index is 3770. The van der Waals surface area contributed by atoms with Crippen molar-refractivity contribution in [2.45, 2.75) is 236 Å². The molecule has 0 spiro atoms. The summed E-state index contributed by atoms with van der Waals surface area (Å²) < 4.78 is 0. The number of nitrogens with zero attached hydrogens (tertiary/aromatic N) is 1. The first-order valence-electron chi connectivity index (χ1n) is 39.2. The molecule has 0 saturated heterocycles. The number of nitrogens with one attached hydrogen (secondary N) is 12. The normalized spacial score (nSPS) is 14.6. The van der Waals surface area contributed by atoms with Gasteiger partial charge in [-0.05, 0) is 112 Å². The van der Waals surface area contributed by atoms with Crippen molar-refractivity contribution in [3.8, 4) is 12.3 Å². The second-order valence-electron chi connectivity index (χ2n) is 29.0. The molecule has 0 aliphatic heterocycles. The Hall–Kier alpha value is -11.6. The van der Waals surface area contributed by atoms with Gasteiger partial charge in [0.15, 0.2) is 5.96 Å². The third-order valence-electron chi connectivity index (χ3n) is 19.0. The molecule has 0 aliphatic rings. The SMILES string of the molecule is C#CCCC(=O)N[C@@H](Cc1ccccc1)C(=O)N[C@@H](Cc1ccccc1)C(=O)N[C@@H](CCCN=C(N)N)C(=O)N[C@@H](CCCCN)C(=O)N[C@@H](CO)C(=O)N[C@H](C(=O)N[C@H](C(=O)N[C@@H](CC(N)=O)C(=O)N[C@@H](Cc1ccccc1)C(=O)N[C@@H](CCC(=O)O)C(=O)N[C@@H](CCCCN)C(=O)N[C@@H](CC(C)C)C(=O)O)[C@@H](C)CC)[C@@H](C)CC. The lowest BCUT2D eigenvalue weighted by molar-refractivity contribution is -0.143. The lowest BCUT2D eigenvalue weighted by Gasteiger charge is -2.31. The maximum absolute atomic E-state index is 14.7. The number of carbonyl (C=O) groups is 15. The number of carboxylic acids is 2. The molecular formula is C80H120N18O18. The Morgan fingerprint density at radius 3 is 1.11 bits per heavy atom. The number of hydrogen-bond acceptors (Lipinski definition) is 19. The number of nitrogens with two attached hydrogens (primary N) is 5. The molecule has 0 aliphatic carbocycles. The van der Waals surface area contributed by atoms with Crippen LogP contribution in [0.4, 0.5) is 0 Å². The lowest BCUT2D eigenvalue weighted by Crippen LogP contribution is -2.63. The largest absolute Gasteiger partial charge is 0.481 e. The van der Waals surface area contributed by atoms with Crippen LogP contribution in [0.5, 0.6) is 0 Å². The highest BCUT2D eigenvalue weighted by Gasteiger charge is 2.40. The van der Waals surface area contributed by atoms with E-state index < -0.39 is 199 Å². The van der Waals surface area contributed by atoms with Crippen molar-refractivity contribution in [3.63, 3.8) is 0 Å². The van der Waals surface area contributed by atoms with Gasteiger partial charge in [-0.15, -0.1) is 12.3 Å². The lowest BCUT2D eigenvalue weighted by atomic mass is 9.94. The number of carbonyl (C=O) groups excluding carboxylic acids is 13. The fraction of sp³-hybridized carbons (Fsp3) is 0.550. The van der Waals surface area contributed by atoms with Crippen molar-refractivity contribution in [2.75, 3.05) is 26.2 Å². The highest BCUT2D eigenvalue weighted by atomic mass is 16.4. The van der Waals surface area contributed by atoms with Crippen molar-refractivity contribution in [3.05, 3.63) is 108 Å². The van der Waals surface area contributed by atoms with Gasteiger partial charge in [-0.25, -0.2) is 4.79 Å². The van der Waals surface area contributed by atoms with Gasteiger partial charge in [-0.1, -0.05) is 145 Å². The number of unbranched alkanes of at least 4 members (excludes halogenated alkanes) is 2. The van der Waals surface area contributed by atoms with E-state index in [2.05, 4.69) is 74.7 Å². The number of aliphatic carboxylic acids is 2. The summed E-state index contributed by atoms with van der Waals surface area (Å²) in [5.41, 5.74) is 30.1. The van der Waals surface area contributed by atoms with E-state index in [1.807, 2.05) is 0 Å². The molecule has 0 saturated carbocycles. The molecule has 13 amide bonds. The first-order valence-corrected chi connectivity index (χ1v) is 39.2. The summed E-state index contributed by atoms with van der Waals surface area (Å²) >= 11 is 0. The molecule has 36 heteroatoms. The van der Waals surface area contributed by atoms with E-state index in [1.54, 1.807) is 133 Å². The fourth-order valence-electron chi connectivity index (χ4n) is 12.1. The number of terminal acetylenes is 1. The monoisotopic (exact) mass is 1620 g/mol. The Morgan fingerprint density at radius 2 is 0.750 bits per heavy atom. The van der Waals surface area contributed by atoms with Crippen LogP contribution in [-0.4, -0.2) is 209 Å². The second-order valence-corrected chi connectivity index (χ2v) is 29.0. The van der Waals surface area contributed by atoms with Crippen LogP contribution in [-0.2, 0) is 91.2 Å².